The molecule has 0 aromatic carbocycles. The van der Waals surface area contributed by atoms with Crippen LogP contribution in [0.5, 0.6) is 0 Å². The molecule has 19 heavy (non-hydrogen) atoms. The highest BCUT2D eigenvalue weighted by Gasteiger charge is 2.37. The van der Waals surface area contributed by atoms with Crippen LogP contribution in [0.3, 0.4) is 0 Å². The summed E-state index contributed by atoms with van der Waals surface area (Å²) in [6, 6.07) is 1.74. The van der Waals surface area contributed by atoms with E-state index in [1.54, 1.807) is 0 Å². The van der Waals surface area contributed by atoms with Crippen molar-refractivity contribution >= 4 is 11.8 Å². The minimum absolute atomic E-state index is 0.179. The molecule has 1 aliphatic heterocycles. The Morgan fingerprint density at radius 3 is 3.00 bits per heavy atom. The number of aliphatic carboxylic acids is 1. The maximum atomic E-state index is 11.2. The summed E-state index contributed by atoms with van der Waals surface area (Å²) >= 11 is 0. The molecule has 0 spiro atoms. The molecule has 104 valence electrons. The lowest BCUT2D eigenvalue weighted by atomic mass is 10.0. The van der Waals surface area contributed by atoms with Gasteiger partial charge in [-0.15, -0.1) is 0 Å². The van der Waals surface area contributed by atoms with Gasteiger partial charge in [0.1, 0.15) is 18.1 Å². The van der Waals surface area contributed by atoms with Crippen molar-refractivity contribution in [1.29, 1.82) is 0 Å². The highest BCUT2D eigenvalue weighted by Crippen LogP contribution is 2.23. The molecule has 0 amide bonds. The van der Waals surface area contributed by atoms with Gasteiger partial charge in [-0.2, -0.15) is 0 Å². The van der Waals surface area contributed by atoms with Crippen molar-refractivity contribution in [2.45, 2.75) is 25.8 Å². The van der Waals surface area contributed by atoms with Crippen LogP contribution in [-0.4, -0.2) is 47.3 Å². The van der Waals surface area contributed by atoms with Gasteiger partial charge in [0.25, 0.3) is 0 Å². The largest absolute Gasteiger partial charge is 0.481 e. The third kappa shape index (κ3) is 3.01. The van der Waals surface area contributed by atoms with Crippen LogP contribution in [0, 0.1) is 5.92 Å². The van der Waals surface area contributed by atoms with Crippen LogP contribution in [0.4, 0.5) is 5.82 Å². The Morgan fingerprint density at radius 2 is 2.32 bits per heavy atom. The normalized spacial score (nSPS) is 22.4. The van der Waals surface area contributed by atoms with Gasteiger partial charge in [0.15, 0.2) is 0 Å². The molecule has 2 atom stereocenters. The first-order valence-corrected chi connectivity index (χ1v) is 6.47. The van der Waals surface area contributed by atoms with Crippen LogP contribution in [0.2, 0.25) is 0 Å². The number of carboxylic acids is 1. The molecular weight excluding hydrogens is 246 g/mol. The Labute approximate surface area is 112 Å². The molecular formula is C13H19N3O3. The van der Waals surface area contributed by atoms with Crippen LogP contribution >= 0.6 is 0 Å². The van der Waals surface area contributed by atoms with E-state index < -0.39 is 11.9 Å². The summed E-state index contributed by atoms with van der Waals surface area (Å²) in [5, 5.41) is 9.18. The van der Waals surface area contributed by atoms with E-state index in [2.05, 4.69) is 16.9 Å². The van der Waals surface area contributed by atoms with Crippen LogP contribution in [0.1, 0.15) is 19.0 Å². The lowest BCUT2D eigenvalue weighted by Gasteiger charge is -2.27. The number of likely N-dealkylation sites (N-methyl/N-ethyl adjacent to an activating group) is 1. The molecule has 0 bridgehead atoms. The fraction of sp³-hybridized carbons (Fsp3) is 0.615. The predicted molar refractivity (Wildman–Crippen MR) is 70.2 cm³/mol. The predicted octanol–water partition coefficient (Wildman–Crippen LogP) is 0.965. The smallest absolute Gasteiger partial charge is 0.311 e. The number of carboxylic acid groups (broad SMARTS) is 1. The zero-order valence-corrected chi connectivity index (χ0v) is 11.2. The molecule has 1 fully saturated rings. The molecule has 2 heterocycles. The zero-order chi connectivity index (χ0) is 13.8. The first-order chi connectivity index (χ1) is 9.13. The van der Waals surface area contributed by atoms with Gasteiger partial charge in [-0.1, -0.05) is 13.3 Å². The average molecular weight is 265 g/mol. The summed E-state index contributed by atoms with van der Waals surface area (Å²) in [5.41, 5.74) is 0.977. The number of hydrogen-bond acceptors (Lipinski definition) is 5. The Morgan fingerprint density at radius 1 is 1.53 bits per heavy atom. The van der Waals surface area contributed by atoms with E-state index in [1.165, 1.54) is 6.33 Å². The van der Waals surface area contributed by atoms with Crippen molar-refractivity contribution < 1.29 is 14.6 Å². The SMILES string of the molecule is CCCc1cc(N(C)C2COCC2C(=O)O)ncn1. The molecule has 1 saturated heterocycles. The standard InChI is InChI=1S/C13H19N3O3/c1-3-4-9-5-12(15-8-14-9)16(2)11-7-19-6-10(11)13(17)18/h5,8,10-11H,3-4,6-7H2,1-2H3,(H,17,18). The van der Waals surface area contributed by atoms with Crippen LogP contribution < -0.4 is 4.90 Å². The first-order valence-electron chi connectivity index (χ1n) is 6.47. The molecule has 2 unspecified atom stereocenters. The second-order valence-electron chi connectivity index (χ2n) is 4.78. The van der Waals surface area contributed by atoms with Crippen LogP contribution in [-0.2, 0) is 16.0 Å². The molecule has 0 radical (unpaired) electrons. The maximum Gasteiger partial charge on any atom is 0.311 e. The Kier molecular flexibility index (Phi) is 4.31. The lowest BCUT2D eigenvalue weighted by molar-refractivity contribution is -0.141. The van der Waals surface area contributed by atoms with E-state index in [4.69, 9.17) is 4.74 Å². The molecule has 1 aliphatic rings. The maximum absolute atomic E-state index is 11.2. The minimum Gasteiger partial charge on any atom is -0.481 e. The summed E-state index contributed by atoms with van der Waals surface area (Å²) in [5.74, 6) is -0.577. The third-order valence-corrected chi connectivity index (χ3v) is 3.44. The van der Waals surface area contributed by atoms with Crippen molar-refractivity contribution in [3.63, 3.8) is 0 Å². The van der Waals surface area contributed by atoms with E-state index in [1.807, 2.05) is 18.0 Å². The van der Waals surface area contributed by atoms with Crippen LogP contribution in [0.25, 0.3) is 0 Å². The van der Waals surface area contributed by atoms with Gasteiger partial charge < -0.3 is 14.7 Å². The van der Waals surface area contributed by atoms with Crippen molar-refractivity contribution in [2.75, 3.05) is 25.2 Å². The fourth-order valence-corrected chi connectivity index (χ4v) is 2.30. The number of aromatic nitrogens is 2. The molecule has 6 heteroatoms. The van der Waals surface area contributed by atoms with Crippen molar-refractivity contribution in [3.8, 4) is 0 Å². The Bertz CT molecular complexity index is 453. The number of rotatable bonds is 5. The van der Waals surface area contributed by atoms with Gasteiger partial charge in [-0.05, 0) is 6.42 Å². The highest BCUT2D eigenvalue weighted by atomic mass is 16.5. The number of hydrogen-bond donors (Lipinski definition) is 1. The van der Waals surface area contributed by atoms with E-state index >= 15 is 0 Å². The third-order valence-electron chi connectivity index (χ3n) is 3.44. The van der Waals surface area contributed by atoms with E-state index in [9.17, 15) is 9.90 Å². The Hall–Kier alpha value is -1.69. The molecule has 2 rings (SSSR count). The number of aryl methyl sites for hydroxylation is 1. The van der Waals surface area contributed by atoms with Gasteiger partial charge in [0.2, 0.25) is 0 Å². The van der Waals surface area contributed by atoms with E-state index in [0.717, 1.165) is 24.4 Å². The topological polar surface area (TPSA) is 75.5 Å². The van der Waals surface area contributed by atoms with Gasteiger partial charge in [-0.3, -0.25) is 4.79 Å². The highest BCUT2D eigenvalue weighted by molar-refractivity contribution is 5.72. The molecule has 1 aromatic rings. The average Bonchev–Trinajstić information content (AvgIpc) is 2.88. The minimum atomic E-state index is -0.822. The van der Waals surface area contributed by atoms with Crippen molar-refractivity contribution in [3.05, 3.63) is 18.1 Å². The molecule has 0 aliphatic carbocycles. The van der Waals surface area contributed by atoms with Gasteiger partial charge in [0, 0.05) is 18.8 Å². The number of nitrogens with zero attached hydrogens (tertiary/aromatic N) is 3. The van der Waals surface area contributed by atoms with E-state index in [0.29, 0.717) is 6.61 Å². The number of anilines is 1. The fourth-order valence-electron chi connectivity index (χ4n) is 2.30. The van der Waals surface area contributed by atoms with E-state index in [-0.39, 0.29) is 12.6 Å². The summed E-state index contributed by atoms with van der Waals surface area (Å²) in [6.45, 7) is 2.77. The summed E-state index contributed by atoms with van der Waals surface area (Å²) in [7, 11) is 1.85. The van der Waals surface area contributed by atoms with Crippen molar-refractivity contribution in [2.24, 2.45) is 5.92 Å². The summed E-state index contributed by atoms with van der Waals surface area (Å²) in [6.07, 6.45) is 3.44. The molecule has 1 N–H and O–H groups in total. The van der Waals surface area contributed by atoms with Crippen LogP contribution in [0.15, 0.2) is 12.4 Å². The second kappa shape index (κ2) is 5.97. The quantitative estimate of drug-likeness (QED) is 0.854. The summed E-state index contributed by atoms with van der Waals surface area (Å²) in [4.78, 5) is 21.5. The van der Waals surface area contributed by atoms with Gasteiger partial charge in [-0.25, -0.2) is 9.97 Å². The number of ether oxygens (including phenoxy) is 1. The first kappa shape index (κ1) is 13.7. The zero-order valence-electron chi connectivity index (χ0n) is 11.2. The second-order valence-corrected chi connectivity index (χ2v) is 4.78. The van der Waals surface area contributed by atoms with Crippen molar-refractivity contribution in [1.82, 2.24) is 9.97 Å². The molecule has 6 nitrogen and oxygen atoms in total. The molecule has 1 aromatic heterocycles. The Balaban J connectivity index is 2.16. The van der Waals surface area contributed by atoms with Gasteiger partial charge in [0.05, 0.1) is 19.3 Å². The summed E-state index contributed by atoms with van der Waals surface area (Å²) < 4.78 is 5.29. The number of carbonyl (C=O) groups is 1. The lowest BCUT2D eigenvalue weighted by Crippen LogP contribution is -2.41. The van der Waals surface area contributed by atoms with Gasteiger partial charge >= 0.3 is 5.97 Å². The monoisotopic (exact) mass is 265 g/mol. The molecule has 0 saturated carbocycles.